The molecule has 0 amide bonds. The number of anilines is 1. The summed E-state index contributed by atoms with van der Waals surface area (Å²) in [6.45, 7) is 2.18. The number of imidazole rings is 1. The van der Waals surface area contributed by atoms with Crippen molar-refractivity contribution in [2.24, 2.45) is 0 Å². The highest BCUT2D eigenvalue weighted by Gasteiger charge is 2.25. The number of hydrogen-bond donors (Lipinski definition) is 1. The minimum absolute atomic E-state index is 0.0697. The van der Waals surface area contributed by atoms with Crippen molar-refractivity contribution in [2.45, 2.75) is 19.4 Å². The van der Waals surface area contributed by atoms with Crippen LogP contribution in [0.5, 0.6) is 0 Å². The molecule has 0 aliphatic carbocycles. The highest BCUT2D eigenvalue weighted by Crippen LogP contribution is 2.37. The lowest BCUT2D eigenvalue weighted by atomic mass is 9.99. The zero-order valence-electron chi connectivity index (χ0n) is 15.6. The van der Waals surface area contributed by atoms with E-state index in [-0.39, 0.29) is 6.04 Å². The molecule has 1 aromatic heterocycles. The van der Waals surface area contributed by atoms with Crippen LogP contribution in [0.2, 0.25) is 5.02 Å². The van der Waals surface area contributed by atoms with Gasteiger partial charge in [-0.3, -0.25) is 4.57 Å². The SMILES string of the molecule is CCc1ccc(C2C=C(c3ccc(Cl)cc3)Nc3nc4ccccc4n32)cc1. The van der Waals surface area contributed by atoms with Crippen molar-refractivity contribution in [3.63, 3.8) is 0 Å². The van der Waals surface area contributed by atoms with Crippen LogP contribution in [0.15, 0.2) is 78.9 Å². The minimum Gasteiger partial charge on any atom is -0.325 e. The third kappa shape index (κ3) is 2.88. The molecule has 4 aromatic rings. The third-order valence-corrected chi connectivity index (χ3v) is 5.58. The largest absolute Gasteiger partial charge is 0.325 e. The van der Waals surface area contributed by atoms with Crippen LogP contribution in [0.3, 0.4) is 0 Å². The Morgan fingerprint density at radius 3 is 2.46 bits per heavy atom. The van der Waals surface area contributed by atoms with Crippen molar-refractivity contribution >= 4 is 34.3 Å². The van der Waals surface area contributed by atoms with Gasteiger partial charge in [0.2, 0.25) is 5.95 Å². The van der Waals surface area contributed by atoms with E-state index in [0.29, 0.717) is 0 Å². The van der Waals surface area contributed by atoms with Gasteiger partial charge < -0.3 is 5.32 Å². The van der Waals surface area contributed by atoms with Gasteiger partial charge in [0.1, 0.15) is 0 Å². The number of benzene rings is 3. The van der Waals surface area contributed by atoms with Gasteiger partial charge in [-0.05, 0) is 53.5 Å². The number of aryl methyl sites for hydroxylation is 1. The number of fused-ring (bicyclic) bond motifs is 3. The summed E-state index contributed by atoms with van der Waals surface area (Å²) < 4.78 is 2.27. The quantitative estimate of drug-likeness (QED) is 0.448. The van der Waals surface area contributed by atoms with E-state index in [4.69, 9.17) is 16.6 Å². The van der Waals surface area contributed by atoms with E-state index in [1.807, 2.05) is 30.3 Å². The van der Waals surface area contributed by atoms with Gasteiger partial charge in [-0.1, -0.05) is 67.1 Å². The zero-order chi connectivity index (χ0) is 19.1. The lowest BCUT2D eigenvalue weighted by molar-refractivity contribution is 0.720. The van der Waals surface area contributed by atoms with Crippen LogP contribution in [-0.2, 0) is 6.42 Å². The van der Waals surface area contributed by atoms with Crippen LogP contribution >= 0.6 is 11.6 Å². The number of allylic oxidation sites excluding steroid dienone is 1. The summed E-state index contributed by atoms with van der Waals surface area (Å²) in [6.07, 6.45) is 3.31. The highest BCUT2D eigenvalue weighted by atomic mass is 35.5. The molecule has 0 saturated carbocycles. The number of nitrogens with one attached hydrogen (secondary N) is 1. The Balaban J connectivity index is 1.68. The molecule has 1 unspecified atom stereocenters. The number of halogens is 1. The fraction of sp³-hybridized carbons (Fsp3) is 0.125. The van der Waals surface area contributed by atoms with Gasteiger partial charge >= 0.3 is 0 Å². The maximum absolute atomic E-state index is 6.08. The second-order valence-corrected chi connectivity index (χ2v) is 7.48. The molecule has 28 heavy (non-hydrogen) atoms. The first-order chi connectivity index (χ1) is 13.7. The molecule has 0 radical (unpaired) electrons. The smallest absolute Gasteiger partial charge is 0.209 e. The maximum atomic E-state index is 6.08. The molecule has 5 rings (SSSR count). The summed E-state index contributed by atoms with van der Waals surface area (Å²) in [6, 6.07) is 25.1. The molecule has 1 aliphatic heterocycles. The topological polar surface area (TPSA) is 29.9 Å². The van der Waals surface area contributed by atoms with E-state index in [1.165, 1.54) is 11.1 Å². The van der Waals surface area contributed by atoms with Crippen molar-refractivity contribution in [3.8, 4) is 0 Å². The van der Waals surface area contributed by atoms with Crippen molar-refractivity contribution in [2.75, 3.05) is 5.32 Å². The number of aromatic nitrogens is 2. The van der Waals surface area contributed by atoms with Crippen molar-refractivity contribution in [1.82, 2.24) is 9.55 Å². The molecule has 0 bridgehead atoms. The van der Waals surface area contributed by atoms with Crippen LogP contribution in [0.25, 0.3) is 16.7 Å². The Labute approximate surface area is 169 Å². The normalized spacial score (nSPS) is 15.8. The van der Waals surface area contributed by atoms with Crippen LogP contribution in [0, 0.1) is 0 Å². The highest BCUT2D eigenvalue weighted by molar-refractivity contribution is 6.30. The molecule has 1 atom stereocenters. The molecular weight excluding hydrogens is 366 g/mol. The molecule has 0 fully saturated rings. The van der Waals surface area contributed by atoms with E-state index in [0.717, 1.165) is 39.7 Å². The Kier molecular flexibility index (Phi) is 4.18. The molecule has 0 saturated heterocycles. The van der Waals surface area contributed by atoms with Crippen LogP contribution < -0.4 is 5.32 Å². The van der Waals surface area contributed by atoms with Crippen molar-refractivity contribution in [3.05, 3.63) is 101 Å². The van der Waals surface area contributed by atoms with Gasteiger partial charge in [0.05, 0.1) is 17.1 Å². The van der Waals surface area contributed by atoms with Gasteiger partial charge in [-0.25, -0.2) is 4.98 Å². The van der Waals surface area contributed by atoms with Crippen LogP contribution in [0.4, 0.5) is 5.95 Å². The maximum Gasteiger partial charge on any atom is 0.209 e. The molecule has 0 spiro atoms. The molecule has 3 nitrogen and oxygen atoms in total. The molecule has 138 valence electrons. The minimum atomic E-state index is 0.0697. The van der Waals surface area contributed by atoms with Crippen LogP contribution in [0.1, 0.15) is 29.7 Å². The average Bonchev–Trinajstić information content (AvgIpc) is 3.12. The first kappa shape index (κ1) is 17.1. The van der Waals surface area contributed by atoms with Gasteiger partial charge in [0.25, 0.3) is 0 Å². The van der Waals surface area contributed by atoms with E-state index < -0.39 is 0 Å². The number of para-hydroxylation sites is 2. The molecule has 2 heterocycles. The number of hydrogen-bond acceptors (Lipinski definition) is 2. The molecule has 3 aromatic carbocycles. The predicted octanol–water partition coefficient (Wildman–Crippen LogP) is 6.31. The second-order valence-electron chi connectivity index (χ2n) is 7.05. The van der Waals surface area contributed by atoms with E-state index in [2.05, 4.69) is 65.3 Å². The molecular formula is C24H20ClN3. The Hall–Kier alpha value is -3.04. The standard InChI is InChI=1S/C24H20ClN3/c1-2-16-7-9-18(10-8-16)23-15-21(17-11-13-19(25)14-12-17)27-24-26-20-5-3-4-6-22(20)28(23)24/h3-15,23H,2H2,1H3,(H,26,27). The monoisotopic (exact) mass is 385 g/mol. The summed E-state index contributed by atoms with van der Waals surface area (Å²) in [4.78, 5) is 4.84. The summed E-state index contributed by atoms with van der Waals surface area (Å²) >= 11 is 6.08. The molecule has 1 N–H and O–H groups in total. The van der Waals surface area contributed by atoms with Crippen molar-refractivity contribution in [1.29, 1.82) is 0 Å². The number of rotatable bonds is 3. The predicted molar refractivity (Wildman–Crippen MR) is 117 cm³/mol. The van der Waals surface area contributed by atoms with E-state index in [9.17, 15) is 0 Å². The summed E-state index contributed by atoms with van der Waals surface area (Å²) in [7, 11) is 0. The van der Waals surface area contributed by atoms with Gasteiger partial charge in [0.15, 0.2) is 0 Å². The second kappa shape index (κ2) is 6.84. The Morgan fingerprint density at radius 2 is 1.71 bits per heavy atom. The zero-order valence-corrected chi connectivity index (χ0v) is 16.3. The van der Waals surface area contributed by atoms with Gasteiger partial charge in [0, 0.05) is 10.7 Å². The third-order valence-electron chi connectivity index (χ3n) is 5.33. The lowest BCUT2D eigenvalue weighted by Crippen LogP contribution is -2.19. The average molecular weight is 386 g/mol. The Morgan fingerprint density at radius 1 is 0.964 bits per heavy atom. The van der Waals surface area contributed by atoms with Crippen LogP contribution in [-0.4, -0.2) is 9.55 Å². The van der Waals surface area contributed by atoms with Gasteiger partial charge in [-0.15, -0.1) is 0 Å². The fourth-order valence-corrected chi connectivity index (χ4v) is 3.93. The summed E-state index contributed by atoms with van der Waals surface area (Å²) in [5.74, 6) is 0.859. The Bertz CT molecular complexity index is 1170. The summed E-state index contributed by atoms with van der Waals surface area (Å²) in [5, 5.41) is 4.25. The van der Waals surface area contributed by atoms with Crippen molar-refractivity contribution < 1.29 is 0 Å². The molecule has 1 aliphatic rings. The first-order valence-electron chi connectivity index (χ1n) is 9.53. The van der Waals surface area contributed by atoms with Gasteiger partial charge in [-0.2, -0.15) is 0 Å². The first-order valence-corrected chi connectivity index (χ1v) is 9.91. The fourth-order valence-electron chi connectivity index (χ4n) is 3.80. The molecule has 4 heteroatoms. The summed E-state index contributed by atoms with van der Waals surface area (Å²) in [5.41, 5.74) is 6.85. The van der Waals surface area contributed by atoms with E-state index >= 15 is 0 Å². The lowest BCUT2D eigenvalue weighted by Gasteiger charge is -2.27. The number of nitrogens with zero attached hydrogens (tertiary/aromatic N) is 2. The van der Waals surface area contributed by atoms with E-state index in [1.54, 1.807) is 0 Å².